The molecular formula is C27H22S. The number of hydrogen-bond acceptors (Lipinski definition) is 1. The van der Waals surface area contributed by atoms with E-state index in [9.17, 15) is 0 Å². The highest BCUT2D eigenvalue weighted by Crippen LogP contribution is 2.38. The molecule has 0 aliphatic carbocycles. The summed E-state index contributed by atoms with van der Waals surface area (Å²) in [5, 5.41) is 2.73. The molecule has 0 saturated heterocycles. The van der Waals surface area contributed by atoms with Crippen molar-refractivity contribution in [2.75, 3.05) is 0 Å². The maximum absolute atomic E-state index is 2.36. The second kappa shape index (κ2) is 6.92. The fourth-order valence-corrected chi connectivity index (χ4v) is 5.01. The van der Waals surface area contributed by atoms with Crippen molar-refractivity contribution in [3.63, 3.8) is 0 Å². The van der Waals surface area contributed by atoms with Crippen molar-refractivity contribution < 1.29 is 0 Å². The van der Waals surface area contributed by atoms with Gasteiger partial charge in [0.1, 0.15) is 0 Å². The Hall–Kier alpha value is -2.90. The van der Waals surface area contributed by atoms with Gasteiger partial charge in [-0.15, -0.1) is 11.3 Å². The second-order valence-corrected chi connectivity index (χ2v) is 8.75. The SMILES string of the molecule is CC(C)c1ccc2c(c1)sc1cc(-c3ccc(-c4ccccc4)cc3)ccc12. The zero-order chi connectivity index (χ0) is 19.1. The second-order valence-electron chi connectivity index (χ2n) is 7.67. The normalized spacial score (nSPS) is 11.5. The van der Waals surface area contributed by atoms with Gasteiger partial charge < -0.3 is 0 Å². The number of benzene rings is 4. The monoisotopic (exact) mass is 378 g/mol. The molecule has 0 nitrogen and oxygen atoms in total. The van der Waals surface area contributed by atoms with Crippen LogP contribution < -0.4 is 0 Å². The van der Waals surface area contributed by atoms with E-state index in [4.69, 9.17) is 0 Å². The van der Waals surface area contributed by atoms with Crippen LogP contribution in [-0.2, 0) is 0 Å². The molecule has 0 radical (unpaired) electrons. The van der Waals surface area contributed by atoms with Gasteiger partial charge in [-0.1, -0.05) is 92.7 Å². The van der Waals surface area contributed by atoms with Gasteiger partial charge in [-0.25, -0.2) is 0 Å². The lowest BCUT2D eigenvalue weighted by atomic mass is 9.99. The van der Waals surface area contributed by atoms with Gasteiger partial charge >= 0.3 is 0 Å². The minimum absolute atomic E-state index is 0.563. The molecule has 1 heterocycles. The molecule has 0 bridgehead atoms. The van der Waals surface area contributed by atoms with Crippen molar-refractivity contribution >= 4 is 31.5 Å². The number of hydrogen-bond donors (Lipinski definition) is 0. The van der Waals surface area contributed by atoms with Crippen molar-refractivity contribution in [1.29, 1.82) is 0 Å². The zero-order valence-electron chi connectivity index (χ0n) is 16.1. The standard InChI is InChI=1S/C27H22S/c1-18(2)22-12-14-24-25-15-13-23(17-27(25)28-26(24)16-22)21-10-8-20(9-11-21)19-6-4-3-5-7-19/h3-18H,1-2H3. The van der Waals surface area contributed by atoms with Crippen LogP contribution in [0.5, 0.6) is 0 Å². The molecule has 0 amide bonds. The maximum atomic E-state index is 2.36. The first-order chi connectivity index (χ1) is 13.7. The van der Waals surface area contributed by atoms with E-state index in [0.717, 1.165) is 0 Å². The number of fused-ring (bicyclic) bond motifs is 3. The van der Waals surface area contributed by atoms with E-state index in [1.54, 1.807) is 0 Å². The third-order valence-electron chi connectivity index (χ3n) is 5.49. The average molecular weight is 379 g/mol. The van der Waals surface area contributed by atoms with E-state index in [1.807, 2.05) is 11.3 Å². The highest BCUT2D eigenvalue weighted by Gasteiger charge is 2.09. The third kappa shape index (κ3) is 3.02. The summed E-state index contributed by atoms with van der Waals surface area (Å²) in [5.41, 5.74) is 6.48. The lowest BCUT2D eigenvalue weighted by Gasteiger charge is -2.05. The van der Waals surface area contributed by atoms with Gasteiger partial charge in [0.2, 0.25) is 0 Å². The Bertz CT molecular complexity index is 1260. The maximum Gasteiger partial charge on any atom is 0.0361 e. The predicted molar refractivity (Wildman–Crippen MR) is 124 cm³/mol. The molecule has 5 rings (SSSR count). The Morgan fingerprint density at radius 2 is 1.07 bits per heavy atom. The molecule has 0 fully saturated rings. The van der Waals surface area contributed by atoms with Crippen LogP contribution in [0.25, 0.3) is 42.4 Å². The first kappa shape index (κ1) is 17.2. The highest BCUT2D eigenvalue weighted by atomic mass is 32.1. The van der Waals surface area contributed by atoms with Crippen molar-refractivity contribution in [3.05, 3.63) is 96.6 Å². The molecule has 0 unspecified atom stereocenters. The van der Waals surface area contributed by atoms with Crippen molar-refractivity contribution in [3.8, 4) is 22.3 Å². The number of rotatable bonds is 3. The van der Waals surface area contributed by atoms with Gasteiger partial charge in [0.25, 0.3) is 0 Å². The highest BCUT2D eigenvalue weighted by molar-refractivity contribution is 7.25. The van der Waals surface area contributed by atoms with Gasteiger partial charge in [0, 0.05) is 20.2 Å². The first-order valence-electron chi connectivity index (χ1n) is 9.81. The Balaban J connectivity index is 1.55. The summed E-state index contributed by atoms with van der Waals surface area (Å²) in [6.45, 7) is 4.51. The van der Waals surface area contributed by atoms with E-state index in [1.165, 1.54) is 48.0 Å². The van der Waals surface area contributed by atoms with Crippen LogP contribution in [-0.4, -0.2) is 0 Å². The van der Waals surface area contributed by atoms with Crippen LogP contribution in [0.1, 0.15) is 25.3 Å². The van der Waals surface area contributed by atoms with E-state index in [0.29, 0.717) is 5.92 Å². The Morgan fingerprint density at radius 3 is 1.75 bits per heavy atom. The molecular weight excluding hydrogens is 356 g/mol. The van der Waals surface area contributed by atoms with Crippen LogP contribution in [0, 0.1) is 0 Å². The minimum Gasteiger partial charge on any atom is -0.135 e. The summed E-state index contributed by atoms with van der Waals surface area (Å²) in [7, 11) is 0. The molecule has 1 aromatic heterocycles. The molecule has 28 heavy (non-hydrogen) atoms. The molecule has 5 aromatic rings. The molecule has 136 valence electrons. The Labute approximate surface area is 170 Å². The molecule has 0 spiro atoms. The fraction of sp³-hybridized carbons (Fsp3) is 0.111. The Kier molecular flexibility index (Phi) is 4.26. The van der Waals surface area contributed by atoms with Gasteiger partial charge in [-0.05, 0) is 45.9 Å². The summed E-state index contributed by atoms with van der Waals surface area (Å²) in [4.78, 5) is 0. The fourth-order valence-electron chi connectivity index (χ4n) is 3.82. The summed E-state index contributed by atoms with van der Waals surface area (Å²) >= 11 is 1.90. The summed E-state index contributed by atoms with van der Waals surface area (Å²) in [6, 6.07) is 33.2. The molecule has 0 aliphatic rings. The topological polar surface area (TPSA) is 0 Å². The quantitative estimate of drug-likeness (QED) is 0.295. The molecule has 4 aromatic carbocycles. The average Bonchev–Trinajstić information content (AvgIpc) is 3.11. The van der Waals surface area contributed by atoms with Crippen molar-refractivity contribution in [1.82, 2.24) is 0 Å². The smallest absolute Gasteiger partial charge is 0.0361 e. The first-order valence-corrected chi connectivity index (χ1v) is 10.6. The van der Waals surface area contributed by atoms with Crippen LogP contribution >= 0.6 is 11.3 Å². The van der Waals surface area contributed by atoms with E-state index < -0.39 is 0 Å². The third-order valence-corrected chi connectivity index (χ3v) is 6.60. The van der Waals surface area contributed by atoms with Crippen LogP contribution in [0.3, 0.4) is 0 Å². The predicted octanol–water partition coefficient (Wildman–Crippen LogP) is 8.51. The summed E-state index contributed by atoms with van der Waals surface area (Å²) < 4.78 is 2.75. The van der Waals surface area contributed by atoms with Crippen LogP contribution in [0.15, 0.2) is 91.0 Å². The van der Waals surface area contributed by atoms with Crippen LogP contribution in [0.4, 0.5) is 0 Å². The lowest BCUT2D eigenvalue weighted by Crippen LogP contribution is -1.84. The van der Waals surface area contributed by atoms with Gasteiger partial charge in [-0.2, -0.15) is 0 Å². The summed E-state index contributed by atoms with van der Waals surface area (Å²) in [5.74, 6) is 0.563. The molecule has 0 aliphatic heterocycles. The minimum atomic E-state index is 0.563. The largest absolute Gasteiger partial charge is 0.135 e. The Morgan fingerprint density at radius 1 is 0.536 bits per heavy atom. The molecule has 1 heteroatoms. The van der Waals surface area contributed by atoms with Gasteiger partial charge in [-0.3, -0.25) is 0 Å². The van der Waals surface area contributed by atoms with Gasteiger partial charge in [0.15, 0.2) is 0 Å². The molecule has 0 N–H and O–H groups in total. The van der Waals surface area contributed by atoms with Gasteiger partial charge in [0.05, 0.1) is 0 Å². The van der Waals surface area contributed by atoms with Crippen molar-refractivity contribution in [2.45, 2.75) is 19.8 Å². The van der Waals surface area contributed by atoms with E-state index >= 15 is 0 Å². The van der Waals surface area contributed by atoms with E-state index in [-0.39, 0.29) is 0 Å². The zero-order valence-corrected chi connectivity index (χ0v) is 17.0. The molecule has 0 atom stereocenters. The summed E-state index contributed by atoms with van der Waals surface area (Å²) in [6.07, 6.45) is 0. The van der Waals surface area contributed by atoms with Crippen LogP contribution in [0.2, 0.25) is 0 Å². The lowest BCUT2D eigenvalue weighted by molar-refractivity contribution is 0.869. The number of thiophene rings is 1. The van der Waals surface area contributed by atoms with Crippen molar-refractivity contribution in [2.24, 2.45) is 0 Å². The molecule has 0 saturated carbocycles. The van der Waals surface area contributed by atoms with E-state index in [2.05, 4.69) is 105 Å².